The van der Waals surface area contributed by atoms with Gasteiger partial charge in [0.15, 0.2) is 5.69 Å². The van der Waals surface area contributed by atoms with E-state index in [2.05, 4.69) is 23.7 Å². The summed E-state index contributed by atoms with van der Waals surface area (Å²) >= 11 is 0. The smallest absolute Gasteiger partial charge is 0.383 e. The molecule has 1 aromatic heterocycles. The first-order valence-electron chi connectivity index (χ1n) is 11.2. The van der Waals surface area contributed by atoms with Crippen molar-refractivity contribution in [1.29, 1.82) is 0 Å². The van der Waals surface area contributed by atoms with E-state index in [1.807, 2.05) is 30.3 Å². The summed E-state index contributed by atoms with van der Waals surface area (Å²) in [5.41, 5.74) is 4.73. The number of nitrogens with zero attached hydrogens (tertiary/aromatic N) is 2. The van der Waals surface area contributed by atoms with E-state index in [0.717, 1.165) is 5.56 Å². The molecule has 9 heteroatoms. The van der Waals surface area contributed by atoms with Gasteiger partial charge in [0.25, 0.3) is 5.78 Å². The summed E-state index contributed by atoms with van der Waals surface area (Å²) in [7, 11) is 2.49. The maximum atomic E-state index is 13.1. The maximum absolute atomic E-state index is 13.1. The highest BCUT2D eigenvalue weighted by Gasteiger charge is 2.36. The van der Waals surface area contributed by atoms with Crippen LogP contribution in [0.3, 0.4) is 0 Å². The third-order valence-corrected chi connectivity index (χ3v) is 5.51. The summed E-state index contributed by atoms with van der Waals surface area (Å²) < 4.78 is 11.7. The molecule has 190 valence electrons. The number of Topliss-reactive ketones (excluding diaryl/α,β-unsaturated/α-hetero) is 2. The minimum Gasteiger partial charge on any atom is -0.489 e. The first-order chi connectivity index (χ1) is 17.8. The number of carbonyl (C=O) groups excluding carboxylic acids is 3. The van der Waals surface area contributed by atoms with Crippen molar-refractivity contribution in [3.63, 3.8) is 0 Å². The Morgan fingerprint density at radius 3 is 2.24 bits per heavy atom. The van der Waals surface area contributed by atoms with Crippen molar-refractivity contribution in [1.82, 2.24) is 15.3 Å². The Labute approximate surface area is 214 Å². The van der Waals surface area contributed by atoms with Gasteiger partial charge in [0.05, 0.1) is 25.6 Å². The molecule has 0 atom stereocenters. The highest BCUT2D eigenvalue weighted by Crippen LogP contribution is 2.30. The van der Waals surface area contributed by atoms with Crippen LogP contribution in [0, 0.1) is 6.92 Å². The van der Waals surface area contributed by atoms with E-state index in [1.165, 1.54) is 21.1 Å². The predicted molar refractivity (Wildman–Crippen MR) is 139 cm³/mol. The van der Waals surface area contributed by atoms with Crippen molar-refractivity contribution < 1.29 is 28.7 Å². The summed E-state index contributed by atoms with van der Waals surface area (Å²) in [4.78, 5) is 43.8. The first-order valence-corrected chi connectivity index (χ1v) is 11.2. The van der Waals surface area contributed by atoms with Gasteiger partial charge >= 0.3 is 5.97 Å². The zero-order valence-corrected chi connectivity index (χ0v) is 21.0. The fraction of sp³-hybridized carbons (Fsp3) is 0.143. The Morgan fingerprint density at radius 2 is 1.65 bits per heavy atom. The molecule has 1 aromatic carbocycles. The van der Waals surface area contributed by atoms with Gasteiger partial charge in [-0.3, -0.25) is 9.59 Å². The average molecular weight is 502 g/mol. The molecular weight excluding hydrogens is 474 g/mol. The Bertz CT molecular complexity index is 1390. The van der Waals surface area contributed by atoms with E-state index in [1.54, 1.807) is 42.0 Å². The van der Waals surface area contributed by atoms with Crippen LogP contribution in [0.15, 0.2) is 96.7 Å². The minimum absolute atomic E-state index is 0.00115. The van der Waals surface area contributed by atoms with E-state index in [-0.39, 0.29) is 28.5 Å². The number of benzene rings is 1. The SMILES string of the molecule is C=C/C=C\C(=C/C=C)n1nc(C(=O)ONC2=C(C)C(=O)C(OC)=C(OC)C2=O)c(C)c1-c1ccccc1. The van der Waals surface area contributed by atoms with Crippen LogP contribution in [0.5, 0.6) is 0 Å². The molecule has 0 spiro atoms. The minimum atomic E-state index is -0.861. The summed E-state index contributed by atoms with van der Waals surface area (Å²) in [5, 5.41) is 4.51. The molecule has 1 aliphatic carbocycles. The monoisotopic (exact) mass is 501 g/mol. The average Bonchev–Trinajstić information content (AvgIpc) is 3.25. The molecular formula is C28H27N3O6. The van der Waals surface area contributed by atoms with Gasteiger partial charge in [-0.05, 0) is 26.0 Å². The standard InChI is InChI=1S/C28H27N3O6/c1-7-9-16-20(13-8-2)31-23(19-14-11-10-12-15-19)17(3)22(29-31)28(34)37-30-21-18(4)24(32)26(35-5)27(36-6)25(21)33/h7-16,30H,1-2H2,3-6H3/b16-9-,20-13+. The molecule has 0 saturated heterocycles. The molecule has 0 unspecified atom stereocenters. The van der Waals surface area contributed by atoms with Crippen LogP contribution in [-0.2, 0) is 23.9 Å². The van der Waals surface area contributed by atoms with Gasteiger partial charge in [0.2, 0.25) is 17.3 Å². The first kappa shape index (κ1) is 26.7. The lowest BCUT2D eigenvalue weighted by molar-refractivity contribution is -0.122. The maximum Gasteiger partial charge on any atom is 0.383 e. The molecule has 1 aliphatic rings. The second-order valence-electron chi connectivity index (χ2n) is 7.74. The van der Waals surface area contributed by atoms with E-state index in [4.69, 9.17) is 14.3 Å². The Morgan fingerprint density at radius 1 is 1.00 bits per heavy atom. The second-order valence-corrected chi connectivity index (χ2v) is 7.74. The number of aromatic nitrogens is 2. The van der Waals surface area contributed by atoms with Gasteiger partial charge in [0, 0.05) is 16.7 Å². The van der Waals surface area contributed by atoms with E-state index >= 15 is 0 Å². The van der Waals surface area contributed by atoms with Crippen LogP contribution < -0.4 is 5.48 Å². The van der Waals surface area contributed by atoms with Crippen LogP contribution in [0.25, 0.3) is 17.0 Å². The van der Waals surface area contributed by atoms with Crippen molar-refractivity contribution in [3.05, 3.63) is 108 Å². The number of ether oxygens (including phenoxy) is 2. The molecule has 1 heterocycles. The van der Waals surface area contributed by atoms with Crippen LogP contribution in [-0.4, -0.2) is 41.5 Å². The normalized spacial score (nSPS) is 14.2. The molecule has 0 saturated carbocycles. The number of ketones is 2. The zero-order chi connectivity index (χ0) is 27.1. The molecule has 0 bridgehead atoms. The summed E-state index contributed by atoms with van der Waals surface area (Å²) in [6.07, 6.45) is 8.46. The summed E-state index contributed by atoms with van der Waals surface area (Å²) in [6, 6.07) is 9.41. The number of hydrogen-bond donors (Lipinski definition) is 1. The Hall–Kier alpha value is -4.92. The summed E-state index contributed by atoms with van der Waals surface area (Å²) in [5.74, 6) is -2.64. The quantitative estimate of drug-likeness (QED) is 0.293. The van der Waals surface area contributed by atoms with Gasteiger partial charge in [-0.25, -0.2) is 15.0 Å². The Balaban J connectivity index is 2.01. The van der Waals surface area contributed by atoms with E-state index in [9.17, 15) is 14.4 Å². The van der Waals surface area contributed by atoms with Gasteiger partial charge in [-0.1, -0.05) is 61.7 Å². The highest BCUT2D eigenvalue weighted by atomic mass is 16.7. The molecule has 0 aliphatic heterocycles. The molecule has 37 heavy (non-hydrogen) atoms. The number of carbonyl (C=O) groups is 3. The predicted octanol–water partition coefficient (Wildman–Crippen LogP) is 4.22. The highest BCUT2D eigenvalue weighted by molar-refractivity contribution is 6.23. The molecule has 3 rings (SSSR count). The van der Waals surface area contributed by atoms with Crippen molar-refractivity contribution in [2.24, 2.45) is 0 Å². The lowest BCUT2D eigenvalue weighted by Gasteiger charge is -2.20. The topological polar surface area (TPSA) is 109 Å². The molecule has 1 N–H and O–H groups in total. The fourth-order valence-electron chi connectivity index (χ4n) is 3.71. The molecule has 0 radical (unpaired) electrons. The number of nitrogens with one attached hydrogen (secondary N) is 1. The van der Waals surface area contributed by atoms with Crippen LogP contribution in [0.4, 0.5) is 0 Å². The number of methoxy groups -OCH3 is 2. The van der Waals surface area contributed by atoms with E-state index < -0.39 is 17.5 Å². The van der Waals surface area contributed by atoms with Crippen molar-refractivity contribution in [2.45, 2.75) is 13.8 Å². The largest absolute Gasteiger partial charge is 0.489 e. The van der Waals surface area contributed by atoms with Gasteiger partial charge < -0.3 is 14.3 Å². The van der Waals surface area contributed by atoms with Crippen LogP contribution in [0.2, 0.25) is 0 Å². The third kappa shape index (κ3) is 5.20. The van der Waals surface area contributed by atoms with Gasteiger partial charge in [-0.15, -0.1) is 0 Å². The van der Waals surface area contributed by atoms with Crippen LogP contribution >= 0.6 is 0 Å². The molecule has 9 nitrogen and oxygen atoms in total. The number of hydroxylamine groups is 1. The number of rotatable bonds is 10. The number of hydrogen-bond acceptors (Lipinski definition) is 8. The van der Waals surface area contributed by atoms with Crippen molar-refractivity contribution >= 4 is 23.2 Å². The third-order valence-electron chi connectivity index (χ3n) is 5.51. The lowest BCUT2D eigenvalue weighted by atomic mass is 9.98. The van der Waals surface area contributed by atoms with E-state index in [0.29, 0.717) is 17.0 Å². The molecule has 0 fully saturated rings. The zero-order valence-electron chi connectivity index (χ0n) is 21.0. The summed E-state index contributed by atoms with van der Waals surface area (Å²) in [6.45, 7) is 10.6. The van der Waals surface area contributed by atoms with Gasteiger partial charge in [-0.2, -0.15) is 5.10 Å². The molecule has 2 aromatic rings. The van der Waals surface area contributed by atoms with Gasteiger partial charge in [0.1, 0.15) is 5.70 Å². The lowest BCUT2D eigenvalue weighted by Crippen LogP contribution is -2.33. The Kier molecular flexibility index (Phi) is 8.42. The molecule has 0 amide bonds. The fourth-order valence-corrected chi connectivity index (χ4v) is 3.71. The van der Waals surface area contributed by atoms with Crippen molar-refractivity contribution in [2.75, 3.05) is 14.2 Å². The van der Waals surface area contributed by atoms with Crippen LogP contribution in [0.1, 0.15) is 23.0 Å². The number of allylic oxidation sites excluding steroid dienone is 7. The second kappa shape index (κ2) is 11.7. The van der Waals surface area contributed by atoms with Crippen molar-refractivity contribution in [3.8, 4) is 11.3 Å².